The summed E-state index contributed by atoms with van der Waals surface area (Å²) in [7, 11) is -4.93. The van der Waals surface area contributed by atoms with Gasteiger partial charge < -0.3 is 20.2 Å². The van der Waals surface area contributed by atoms with Crippen molar-refractivity contribution in [2.24, 2.45) is 0 Å². The molecule has 0 aromatic rings. The van der Waals surface area contributed by atoms with E-state index in [0.717, 1.165) is 13.8 Å². The van der Waals surface area contributed by atoms with Crippen molar-refractivity contribution < 1.29 is 29.0 Å². The molecule has 0 aliphatic heterocycles. The molecule has 0 spiro atoms. The fraction of sp³-hybridized carbons (Fsp3) is 0.600. The lowest BCUT2D eigenvalue weighted by atomic mass is 10.3. The number of nitrogens with one attached hydrogen (secondary N) is 1. The number of aliphatic carboxylic acids is 1. The van der Waals surface area contributed by atoms with E-state index in [9.17, 15) is 14.2 Å². The first-order valence-electron chi connectivity index (χ1n) is 3.19. The first-order chi connectivity index (χ1) is 5.61. The fourth-order valence-corrected chi connectivity index (χ4v) is 1.15. The average Bonchev–Trinajstić information content (AvgIpc) is 1.82. The van der Waals surface area contributed by atoms with E-state index in [0.29, 0.717) is 0 Å². The molecule has 0 aliphatic rings. The van der Waals surface area contributed by atoms with Gasteiger partial charge >= 0.3 is 13.6 Å². The quantitative estimate of drug-likeness (QED) is 0.448. The van der Waals surface area contributed by atoms with Crippen molar-refractivity contribution in [3.8, 4) is 0 Å². The molecule has 0 aromatic heterocycles. The Morgan fingerprint density at radius 1 is 1.38 bits per heavy atom. The summed E-state index contributed by atoms with van der Waals surface area (Å²) in [6.45, 7) is 1.72. The van der Waals surface area contributed by atoms with E-state index in [1.807, 2.05) is 0 Å². The van der Waals surface area contributed by atoms with Crippen LogP contribution in [0.3, 0.4) is 0 Å². The van der Waals surface area contributed by atoms with Crippen LogP contribution in [0.5, 0.6) is 0 Å². The van der Waals surface area contributed by atoms with Gasteiger partial charge in [0.15, 0.2) is 0 Å². The van der Waals surface area contributed by atoms with E-state index in [-0.39, 0.29) is 0 Å². The summed E-state index contributed by atoms with van der Waals surface area (Å²) in [6, 6.07) is 0. The van der Waals surface area contributed by atoms with Gasteiger partial charge in [0.1, 0.15) is 0 Å². The number of hydrogen-bond acceptors (Lipinski definition) is 3. The lowest BCUT2D eigenvalue weighted by molar-refractivity contribution is -0.143. The Bertz CT molecular complexity index is 283. The van der Waals surface area contributed by atoms with E-state index < -0.39 is 24.8 Å². The van der Waals surface area contributed by atoms with Crippen LogP contribution < -0.4 is 5.32 Å². The Hall–Kier alpha value is -0.910. The minimum absolute atomic E-state index is 0.748. The molecular formula is C5H10NO6P. The number of hydrogen-bond donors (Lipinski definition) is 4. The van der Waals surface area contributed by atoms with Crippen LogP contribution in [0, 0.1) is 0 Å². The van der Waals surface area contributed by atoms with Crippen molar-refractivity contribution in [2.75, 3.05) is 0 Å². The summed E-state index contributed by atoms with van der Waals surface area (Å²) in [5.41, 5.74) is 0. The highest BCUT2D eigenvalue weighted by molar-refractivity contribution is 7.54. The van der Waals surface area contributed by atoms with Crippen LogP contribution in [0.2, 0.25) is 0 Å². The number of carboxylic acid groups (broad SMARTS) is 1. The highest BCUT2D eigenvalue weighted by atomic mass is 31.2. The SMILES string of the molecule is CC(=O)NC(C)(C(=O)O)P(=O)(O)O. The van der Waals surface area contributed by atoms with Gasteiger partial charge in [-0.05, 0) is 6.92 Å². The van der Waals surface area contributed by atoms with Gasteiger partial charge in [0, 0.05) is 6.92 Å². The second kappa shape index (κ2) is 3.45. The normalized spacial score (nSPS) is 16.0. The van der Waals surface area contributed by atoms with E-state index in [1.54, 1.807) is 5.32 Å². The third-order valence-corrected chi connectivity index (χ3v) is 2.89. The number of rotatable bonds is 3. The summed E-state index contributed by atoms with van der Waals surface area (Å²) in [4.78, 5) is 38.3. The molecule has 0 heterocycles. The molecule has 0 aliphatic carbocycles. The van der Waals surface area contributed by atoms with Crippen molar-refractivity contribution in [3.05, 3.63) is 0 Å². The zero-order chi connectivity index (χ0) is 10.9. The molecule has 0 rings (SSSR count). The molecule has 7 nitrogen and oxygen atoms in total. The number of carboxylic acids is 1. The minimum atomic E-state index is -4.93. The second-order valence-corrected chi connectivity index (χ2v) is 4.59. The molecule has 1 atom stereocenters. The van der Waals surface area contributed by atoms with Gasteiger partial charge in [0.25, 0.3) is 0 Å². The maximum absolute atomic E-state index is 10.7. The molecule has 1 amide bonds. The topological polar surface area (TPSA) is 124 Å². The van der Waals surface area contributed by atoms with Crippen LogP contribution in [0.1, 0.15) is 13.8 Å². The lowest BCUT2D eigenvalue weighted by Crippen LogP contribution is -2.51. The van der Waals surface area contributed by atoms with Crippen molar-refractivity contribution in [1.82, 2.24) is 5.32 Å². The van der Waals surface area contributed by atoms with Crippen molar-refractivity contribution in [2.45, 2.75) is 19.1 Å². The van der Waals surface area contributed by atoms with E-state index in [1.165, 1.54) is 0 Å². The molecular weight excluding hydrogens is 201 g/mol. The monoisotopic (exact) mass is 211 g/mol. The Morgan fingerprint density at radius 2 is 1.77 bits per heavy atom. The lowest BCUT2D eigenvalue weighted by Gasteiger charge is -2.25. The smallest absolute Gasteiger partial charge is 0.362 e. The van der Waals surface area contributed by atoms with Crippen LogP contribution >= 0.6 is 7.60 Å². The van der Waals surface area contributed by atoms with Crippen molar-refractivity contribution in [1.29, 1.82) is 0 Å². The molecule has 8 heteroatoms. The van der Waals surface area contributed by atoms with Crippen LogP contribution in [0.4, 0.5) is 0 Å². The zero-order valence-electron chi connectivity index (χ0n) is 7.01. The van der Waals surface area contributed by atoms with Crippen LogP contribution in [0.15, 0.2) is 0 Å². The largest absolute Gasteiger partial charge is 0.479 e. The fourth-order valence-electron chi connectivity index (χ4n) is 0.594. The Balaban J connectivity index is 5.09. The van der Waals surface area contributed by atoms with Crippen LogP contribution in [0.25, 0.3) is 0 Å². The maximum atomic E-state index is 10.7. The number of carbonyl (C=O) groups excluding carboxylic acids is 1. The van der Waals surface area contributed by atoms with Gasteiger partial charge in [-0.2, -0.15) is 0 Å². The van der Waals surface area contributed by atoms with Gasteiger partial charge in [-0.3, -0.25) is 9.36 Å². The summed E-state index contributed by atoms with van der Waals surface area (Å²) in [5.74, 6) is -2.61. The molecule has 4 N–H and O–H groups in total. The van der Waals surface area contributed by atoms with Gasteiger partial charge in [0.2, 0.25) is 11.2 Å². The van der Waals surface area contributed by atoms with Crippen molar-refractivity contribution in [3.63, 3.8) is 0 Å². The average molecular weight is 211 g/mol. The standard InChI is InChI=1S/C5H10NO6P/c1-3(7)6-5(2,4(8)9)13(10,11)12/h1-2H3,(H,6,7)(H,8,9)(H2,10,11,12). The van der Waals surface area contributed by atoms with Gasteiger partial charge in [0.05, 0.1) is 0 Å². The van der Waals surface area contributed by atoms with E-state index in [4.69, 9.17) is 14.9 Å². The second-order valence-electron chi connectivity index (χ2n) is 2.60. The Morgan fingerprint density at radius 3 is 1.85 bits per heavy atom. The molecule has 76 valence electrons. The van der Waals surface area contributed by atoms with Gasteiger partial charge in [-0.1, -0.05) is 0 Å². The molecule has 0 fully saturated rings. The third kappa shape index (κ3) is 2.51. The molecule has 13 heavy (non-hydrogen) atoms. The predicted molar refractivity (Wildman–Crippen MR) is 41.9 cm³/mol. The molecule has 0 saturated carbocycles. The summed E-state index contributed by atoms with van der Waals surface area (Å²) < 4.78 is 10.7. The van der Waals surface area contributed by atoms with Gasteiger partial charge in [-0.25, -0.2) is 4.79 Å². The maximum Gasteiger partial charge on any atom is 0.362 e. The number of carbonyl (C=O) groups is 2. The molecule has 1 unspecified atom stereocenters. The first-order valence-corrected chi connectivity index (χ1v) is 4.80. The van der Waals surface area contributed by atoms with E-state index >= 15 is 0 Å². The van der Waals surface area contributed by atoms with Crippen LogP contribution in [-0.4, -0.2) is 32.0 Å². The number of amides is 1. The third-order valence-electron chi connectivity index (χ3n) is 1.42. The molecule has 0 aromatic carbocycles. The van der Waals surface area contributed by atoms with Crippen LogP contribution in [-0.2, 0) is 14.2 Å². The summed E-state index contributed by atoms with van der Waals surface area (Å²) >= 11 is 0. The van der Waals surface area contributed by atoms with E-state index in [2.05, 4.69) is 0 Å². The highest BCUT2D eigenvalue weighted by Crippen LogP contribution is 2.48. The molecule has 0 radical (unpaired) electrons. The summed E-state index contributed by atoms with van der Waals surface area (Å²) in [6.07, 6.45) is 0. The molecule has 0 bridgehead atoms. The molecule has 0 saturated heterocycles. The Kier molecular flexibility index (Phi) is 3.21. The van der Waals surface area contributed by atoms with Gasteiger partial charge in [-0.15, -0.1) is 0 Å². The Labute approximate surface area is 73.9 Å². The summed E-state index contributed by atoms with van der Waals surface area (Å²) in [5, 5.41) is 7.65. The first kappa shape index (κ1) is 12.1. The highest BCUT2D eigenvalue weighted by Gasteiger charge is 2.50. The van der Waals surface area contributed by atoms with Crippen molar-refractivity contribution >= 4 is 19.5 Å². The zero-order valence-corrected chi connectivity index (χ0v) is 7.91. The predicted octanol–water partition coefficient (Wildman–Crippen LogP) is -0.899. The minimum Gasteiger partial charge on any atom is -0.479 e.